The molecule has 2 aliphatic heterocycles. The second-order valence-electron chi connectivity index (χ2n) is 6.30. The molecule has 2 bridgehead atoms. The minimum absolute atomic E-state index is 0.292. The van der Waals surface area contributed by atoms with Crippen LogP contribution in [0, 0.1) is 11.3 Å². The standard InChI is InChI=1S/C19H13ClN4O/c1-23-16-8-15(17-11(19(23)25)3-2-4-12(17)20)24-14-7-10(9-21)5-6-13(14)22-18(16)24/h2-7,15-16H,8H2,1H3/t15-,16-/m1/s1/i1D3. The monoisotopic (exact) mass is 351 g/mol. The zero-order chi connectivity index (χ0) is 19.8. The van der Waals surface area contributed by atoms with Crippen LogP contribution in [0.4, 0.5) is 0 Å². The Morgan fingerprint density at radius 3 is 3.04 bits per heavy atom. The third kappa shape index (κ3) is 1.77. The molecule has 3 heterocycles. The smallest absolute Gasteiger partial charge is 0.254 e. The molecular weight excluding hydrogens is 336 g/mol. The van der Waals surface area contributed by atoms with E-state index >= 15 is 0 Å². The molecule has 0 saturated heterocycles. The molecule has 0 saturated carbocycles. The largest absolute Gasteiger partial charge is 0.331 e. The lowest BCUT2D eigenvalue weighted by molar-refractivity contribution is 0.0734. The van der Waals surface area contributed by atoms with Gasteiger partial charge in [-0.3, -0.25) is 4.79 Å². The molecule has 5 nitrogen and oxygen atoms in total. The van der Waals surface area contributed by atoms with E-state index in [1.807, 2.05) is 4.57 Å². The van der Waals surface area contributed by atoms with E-state index in [9.17, 15) is 10.1 Å². The molecule has 0 spiro atoms. The van der Waals surface area contributed by atoms with Crippen molar-refractivity contribution in [2.45, 2.75) is 18.5 Å². The summed E-state index contributed by atoms with van der Waals surface area (Å²) in [6, 6.07) is 11.2. The van der Waals surface area contributed by atoms with Gasteiger partial charge < -0.3 is 9.47 Å². The topological polar surface area (TPSA) is 61.9 Å². The second kappa shape index (κ2) is 4.84. The third-order valence-electron chi connectivity index (χ3n) is 5.05. The predicted octanol–water partition coefficient (Wildman–Crippen LogP) is 3.68. The zero-order valence-corrected chi connectivity index (χ0v) is 13.7. The van der Waals surface area contributed by atoms with Gasteiger partial charge in [-0.2, -0.15) is 5.26 Å². The van der Waals surface area contributed by atoms with Gasteiger partial charge in [-0.1, -0.05) is 17.7 Å². The van der Waals surface area contributed by atoms with Crippen LogP contribution in [0.25, 0.3) is 11.0 Å². The van der Waals surface area contributed by atoms with Gasteiger partial charge in [-0.25, -0.2) is 4.98 Å². The number of nitriles is 1. The highest BCUT2D eigenvalue weighted by Gasteiger charge is 2.44. The number of benzene rings is 2. The van der Waals surface area contributed by atoms with Crippen molar-refractivity contribution < 1.29 is 8.91 Å². The summed E-state index contributed by atoms with van der Waals surface area (Å²) < 4.78 is 25.8. The highest BCUT2D eigenvalue weighted by Crippen LogP contribution is 2.48. The first-order valence-corrected chi connectivity index (χ1v) is 8.23. The number of amides is 1. The average molecular weight is 352 g/mol. The first kappa shape index (κ1) is 11.7. The van der Waals surface area contributed by atoms with Gasteiger partial charge in [0, 0.05) is 33.7 Å². The molecule has 1 aromatic heterocycles. The maximum Gasteiger partial charge on any atom is 0.254 e. The highest BCUT2D eigenvalue weighted by molar-refractivity contribution is 6.32. The van der Waals surface area contributed by atoms with Crippen LogP contribution in [-0.2, 0) is 0 Å². The number of nitrogens with zero attached hydrogens (tertiary/aromatic N) is 4. The number of hydrogen-bond donors (Lipinski definition) is 0. The fourth-order valence-corrected chi connectivity index (χ4v) is 4.27. The molecule has 6 heteroatoms. The molecule has 2 atom stereocenters. The van der Waals surface area contributed by atoms with Crippen molar-refractivity contribution in [3.05, 3.63) is 63.9 Å². The molecule has 3 aromatic rings. The predicted molar refractivity (Wildman–Crippen MR) is 93.5 cm³/mol. The number of imidazole rings is 1. The van der Waals surface area contributed by atoms with E-state index in [1.165, 1.54) is 0 Å². The molecule has 122 valence electrons. The van der Waals surface area contributed by atoms with Crippen LogP contribution in [0.2, 0.25) is 5.02 Å². The van der Waals surface area contributed by atoms with Gasteiger partial charge in [0.2, 0.25) is 0 Å². The SMILES string of the molecule is [2H]C([2H])([2H])N1C(=O)c2cccc(Cl)c2[C@H]2C[C@@H]1c1nc3ccc(C#N)cc3n12. The molecule has 2 aliphatic rings. The Bertz CT molecular complexity index is 1210. The number of carbonyl (C=O) groups excluding carboxylic acids is 1. The zero-order valence-electron chi connectivity index (χ0n) is 15.9. The van der Waals surface area contributed by atoms with Crippen molar-refractivity contribution in [1.29, 1.82) is 5.26 Å². The Balaban J connectivity index is 1.88. The van der Waals surface area contributed by atoms with Gasteiger partial charge in [0.1, 0.15) is 5.82 Å². The van der Waals surface area contributed by atoms with Gasteiger partial charge in [-0.05, 0) is 30.3 Å². The Kier molecular flexibility index (Phi) is 2.26. The molecular formula is C19H13ClN4O. The summed E-state index contributed by atoms with van der Waals surface area (Å²) >= 11 is 6.48. The molecule has 2 aromatic carbocycles. The maximum absolute atomic E-state index is 13.2. The minimum Gasteiger partial charge on any atom is -0.331 e. The lowest BCUT2D eigenvalue weighted by Gasteiger charge is -2.24. The van der Waals surface area contributed by atoms with Crippen molar-refractivity contribution in [2.24, 2.45) is 0 Å². The van der Waals surface area contributed by atoms with Gasteiger partial charge in [0.25, 0.3) is 5.91 Å². The summed E-state index contributed by atoms with van der Waals surface area (Å²) in [5.74, 6) is -0.0637. The summed E-state index contributed by atoms with van der Waals surface area (Å²) in [4.78, 5) is 18.7. The van der Waals surface area contributed by atoms with E-state index in [4.69, 9.17) is 15.7 Å². The van der Waals surface area contributed by atoms with Crippen LogP contribution >= 0.6 is 11.6 Å². The number of halogens is 1. The molecule has 0 radical (unpaired) electrons. The van der Waals surface area contributed by atoms with Crippen molar-refractivity contribution in [3.8, 4) is 6.07 Å². The Labute approximate surface area is 153 Å². The van der Waals surface area contributed by atoms with E-state index in [1.54, 1.807) is 36.4 Å². The molecule has 5 rings (SSSR count). The molecule has 25 heavy (non-hydrogen) atoms. The van der Waals surface area contributed by atoms with Gasteiger partial charge in [0.15, 0.2) is 0 Å². The quantitative estimate of drug-likeness (QED) is 0.620. The Hall–Kier alpha value is -2.84. The van der Waals surface area contributed by atoms with Crippen LogP contribution in [0.15, 0.2) is 36.4 Å². The van der Waals surface area contributed by atoms with Crippen molar-refractivity contribution in [1.82, 2.24) is 14.5 Å². The first-order chi connectivity index (χ1) is 13.3. The number of hydrogen-bond acceptors (Lipinski definition) is 3. The summed E-state index contributed by atoms with van der Waals surface area (Å²) in [6.45, 7) is -2.62. The van der Waals surface area contributed by atoms with Crippen molar-refractivity contribution in [2.75, 3.05) is 6.98 Å². The maximum atomic E-state index is 13.2. The van der Waals surface area contributed by atoms with E-state index in [0.29, 0.717) is 39.5 Å². The van der Waals surface area contributed by atoms with Crippen LogP contribution in [0.5, 0.6) is 0 Å². The summed E-state index contributed by atoms with van der Waals surface area (Å²) in [5.41, 5.74) is 2.76. The van der Waals surface area contributed by atoms with E-state index in [2.05, 4.69) is 11.1 Å². The minimum atomic E-state index is -2.62. The number of aromatic nitrogens is 2. The van der Waals surface area contributed by atoms with Crippen LogP contribution in [0.1, 0.15) is 49.9 Å². The van der Waals surface area contributed by atoms with E-state index in [0.717, 1.165) is 10.4 Å². The summed E-state index contributed by atoms with van der Waals surface area (Å²) in [6.07, 6.45) is 0.371. The summed E-state index contributed by atoms with van der Waals surface area (Å²) in [5, 5.41) is 9.68. The number of rotatable bonds is 0. The summed E-state index contributed by atoms with van der Waals surface area (Å²) in [7, 11) is 0. The lowest BCUT2D eigenvalue weighted by Crippen LogP contribution is -2.30. The fourth-order valence-electron chi connectivity index (χ4n) is 3.97. The molecule has 0 fully saturated rings. The lowest BCUT2D eigenvalue weighted by atomic mass is 9.99. The Morgan fingerprint density at radius 1 is 1.36 bits per heavy atom. The number of carbonyl (C=O) groups is 1. The molecule has 0 aliphatic carbocycles. The normalized spacial score (nSPS) is 23.3. The van der Waals surface area contributed by atoms with Crippen molar-refractivity contribution in [3.63, 3.8) is 0 Å². The average Bonchev–Trinajstić information content (AvgIpc) is 3.13. The van der Waals surface area contributed by atoms with Gasteiger partial charge in [-0.15, -0.1) is 0 Å². The van der Waals surface area contributed by atoms with E-state index < -0.39 is 18.9 Å². The molecule has 1 amide bonds. The highest BCUT2D eigenvalue weighted by atomic mass is 35.5. The van der Waals surface area contributed by atoms with Crippen molar-refractivity contribution >= 4 is 28.5 Å². The second-order valence-corrected chi connectivity index (χ2v) is 6.71. The fraction of sp³-hybridized carbons (Fsp3) is 0.211. The third-order valence-corrected chi connectivity index (χ3v) is 5.38. The molecule has 0 N–H and O–H groups in total. The Morgan fingerprint density at radius 2 is 2.24 bits per heavy atom. The first-order valence-electron chi connectivity index (χ1n) is 9.35. The van der Waals surface area contributed by atoms with Crippen LogP contribution in [0.3, 0.4) is 0 Å². The van der Waals surface area contributed by atoms with Crippen LogP contribution in [-0.4, -0.2) is 27.3 Å². The molecule has 0 unspecified atom stereocenters. The van der Waals surface area contributed by atoms with Crippen LogP contribution < -0.4 is 0 Å². The van der Waals surface area contributed by atoms with Gasteiger partial charge in [0.05, 0.1) is 34.7 Å². The van der Waals surface area contributed by atoms with E-state index in [-0.39, 0.29) is 6.04 Å². The number of fused-ring (bicyclic) bond motifs is 9. The van der Waals surface area contributed by atoms with Gasteiger partial charge >= 0.3 is 0 Å².